The number of fused-ring (bicyclic) bond motifs is 1. The minimum atomic E-state index is -1.19. The Balaban J connectivity index is 1.75. The van der Waals surface area contributed by atoms with E-state index in [1.807, 2.05) is 32.0 Å². The number of para-hydroxylation sites is 2. The van der Waals surface area contributed by atoms with Gasteiger partial charge in [-0.05, 0) is 49.4 Å². The number of carbonyl (C=O) groups is 4. The molecule has 4 amide bonds. The van der Waals surface area contributed by atoms with Crippen molar-refractivity contribution in [2.24, 2.45) is 5.92 Å². The van der Waals surface area contributed by atoms with Crippen molar-refractivity contribution < 1.29 is 28.7 Å². The van der Waals surface area contributed by atoms with E-state index < -0.39 is 29.8 Å². The summed E-state index contributed by atoms with van der Waals surface area (Å²) in [5.41, 5.74) is 0.274. The van der Waals surface area contributed by atoms with Gasteiger partial charge in [-0.15, -0.1) is 0 Å². The molecule has 0 aliphatic carbocycles. The molecule has 2 atom stereocenters. The molecule has 0 radical (unpaired) electrons. The van der Waals surface area contributed by atoms with Crippen LogP contribution in [0.5, 0.6) is 11.5 Å². The van der Waals surface area contributed by atoms with Crippen LogP contribution in [0.2, 0.25) is 0 Å². The first-order valence-corrected chi connectivity index (χ1v) is 14.4. The van der Waals surface area contributed by atoms with Crippen LogP contribution < -0.4 is 30.7 Å². The summed E-state index contributed by atoms with van der Waals surface area (Å²) in [4.78, 5) is 52.5. The second-order valence-electron chi connectivity index (χ2n) is 10.5. The third-order valence-corrected chi connectivity index (χ3v) is 6.54. The number of hydrogen-bond donors (Lipinski definition) is 4. The first-order valence-electron chi connectivity index (χ1n) is 14.4. The highest BCUT2D eigenvalue weighted by Crippen LogP contribution is 2.19. The molecule has 0 fully saturated rings. The average molecular weight is 567 g/mol. The molecule has 0 saturated carbocycles. The van der Waals surface area contributed by atoms with Crippen LogP contribution in [0.3, 0.4) is 0 Å². The van der Waals surface area contributed by atoms with Gasteiger partial charge in [-0.1, -0.05) is 57.0 Å². The van der Waals surface area contributed by atoms with Crippen molar-refractivity contribution in [1.29, 1.82) is 0 Å². The van der Waals surface area contributed by atoms with Gasteiger partial charge in [-0.2, -0.15) is 0 Å². The van der Waals surface area contributed by atoms with Gasteiger partial charge < -0.3 is 30.7 Å². The molecule has 0 saturated heterocycles. The molecule has 0 aromatic heterocycles. The van der Waals surface area contributed by atoms with Gasteiger partial charge in [0.15, 0.2) is 0 Å². The second-order valence-corrected chi connectivity index (χ2v) is 10.5. The molecule has 3 rings (SSSR count). The molecule has 1 aliphatic heterocycles. The van der Waals surface area contributed by atoms with Crippen LogP contribution in [0.15, 0.2) is 54.6 Å². The van der Waals surface area contributed by atoms with Gasteiger partial charge in [0.1, 0.15) is 30.2 Å². The van der Waals surface area contributed by atoms with E-state index >= 15 is 0 Å². The van der Waals surface area contributed by atoms with E-state index in [-0.39, 0.29) is 37.0 Å². The Morgan fingerprint density at radius 3 is 2.49 bits per heavy atom. The molecule has 41 heavy (non-hydrogen) atoms. The van der Waals surface area contributed by atoms with Gasteiger partial charge >= 0.3 is 0 Å². The maximum Gasteiger partial charge on any atom is 0.255 e. The zero-order valence-electron chi connectivity index (χ0n) is 23.9. The zero-order chi connectivity index (χ0) is 29.5. The Morgan fingerprint density at radius 1 is 0.976 bits per heavy atom. The standard InChI is InChI=1S/C31H42N4O6/c1-22(2)20-25-30(38)32-16-10-3-4-11-18-41-27-15-9-8-14-24(27)29(37)35-26(21-28(36)34-25)31(39)33-17-19-40-23-12-6-5-7-13-23/h5-9,12-15,22,25-26H,3-4,10-11,16-21H2,1-2H3,(H,32,38)(H,33,39)(H,34,36)(H,35,37)/t25-,26-/m0/s1. The van der Waals surface area contributed by atoms with Gasteiger partial charge in [0.05, 0.1) is 25.1 Å². The van der Waals surface area contributed by atoms with E-state index in [2.05, 4.69) is 21.3 Å². The van der Waals surface area contributed by atoms with E-state index in [4.69, 9.17) is 9.47 Å². The van der Waals surface area contributed by atoms with Crippen LogP contribution >= 0.6 is 0 Å². The lowest BCUT2D eigenvalue weighted by Gasteiger charge is -2.23. The normalized spacial score (nSPS) is 19.3. The molecule has 10 nitrogen and oxygen atoms in total. The fourth-order valence-electron chi connectivity index (χ4n) is 4.45. The third-order valence-electron chi connectivity index (χ3n) is 6.54. The van der Waals surface area contributed by atoms with E-state index in [1.165, 1.54) is 0 Å². The minimum absolute atomic E-state index is 0.156. The smallest absolute Gasteiger partial charge is 0.255 e. The van der Waals surface area contributed by atoms with Crippen molar-refractivity contribution in [3.05, 3.63) is 60.2 Å². The first kappa shape index (κ1) is 31.4. The second kappa shape index (κ2) is 16.9. The van der Waals surface area contributed by atoms with Gasteiger partial charge in [-0.25, -0.2) is 0 Å². The summed E-state index contributed by atoms with van der Waals surface area (Å²) in [7, 11) is 0. The highest BCUT2D eigenvalue weighted by molar-refractivity contribution is 6.01. The van der Waals surface area contributed by atoms with Crippen LogP contribution in [-0.4, -0.2) is 62.0 Å². The molecule has 10 heteroatoms. The lowest BCUT2D eigenvalue weighted by atomic mass is 10.0. The monoisotopic (exact) mass is 566 g/mol. The van der Waals surface area contributed by atoms with Crippen molar-refractivity contribution in [2.45, 2.75) is 64.5 Å². The molecule has 0 bridgehead atoms. The number of rotatable bonds is 7. The largest absolute Gasteiger partial charge is 0.493 e. The minimum Gasteiger partial charge on any atom is -0.493 e. The summed E-state index contributed by atoms with van der Waals surface area (Å²) < 4.78 is 11.5. The van der Waals surface area contributed by atoms with E-state index in [9.17, 15) is 19.2 Å². The molecule has 4 N–H and O–H groups in total. The van der Waals surface area contributed by atoms with E-state index in [1.54, 1.807) is 36.4 Å². The molecule has 1 heterocycles. The summed E-state index contributed by atoms with van der Waals surface area (Å²) in [5.74, 6) is -0.615. The van der Waals surface area contributed by atoms with Gasteiger partial charge in [0.2, 0.25) is 17.7 Å². The molecular formula is C31H42N4O6. The number of amides is 4. The van der Waals surface area contributed by atoms with Crippen molar-refractivity contribution in [3.63, 3.8) is 0 Å². The van der Waals surface area contributed by atoms with Crippen LogP contribution in [0.25, 0.3) is 0 Å². The number of benzene rings is 2. The fourth-order valence-corrected chi connectivity index (χ4v) is 4.45. The summed E-state index contributed by atoms with van der Waals surface area (Å²) in [6, 6.07) is 14.1. The van der Waals surface area contributed by atoms with Crippen molar-refractivity contribution in [2.75, 3.05) is 26.3 Å². The number of nitrogens with one attached hydrogen (secondary N) is 4. The highest BCUT2D eigenvalue weighted by Gasteiger charge is 2.28. The SMILES string of the molecule is CC(C)C[C@@H]1NC(=O)C[C@@H](C(=O)NCCOc2ccccc2)NC(=O)c2ccccc2OCCCCCCNC1=O. The van der Waals surface area contributed by atoms with Crippen molar-refractivity contribution >= 4 is 23.6 Å². The van der Waals surface area contributed by atoms with Gasteiger partial charge in [-0.3, -0.25) is 19.2 Å². The Kier molecular flexibility index (Phi) is 13.0. The quantitative estimate of drug-likeness (QED) is 0.381. The van der Waals surface area contributed by atoms with Crippen molar-refractivity contribution in [1.82, 2.24) is 21.3 Å². The maximum atomic E-state index is 13.3. The summed E-state index contributed by atoms with van der Waals surface area (Å²) in [6.07, 6.45) is 3.53. The van der Waals surface area contributed by atoms with Gasteiger partial charge in [0, 0.05) is 6.54 Å². The van der Waals surface area contributed by atoms with Crippen LogP contribution in [0, 0.1) is 5.92 Å². The Labute approximate surface area is 241 Å². The predicted octanol–water partition coefficient (Wildman–Crippen LogP) is 2.97. The van der Waals surface area contributed by atoms with Crippen molar-refractivity contribution in [3.8, 4) is 11.5 Å². The Bertz CT molecular complexity index is 1140. The number of ether oxygens (including phenoxy) is 2. The summed E-state index contributed by atoms with van der Waals surface area (Å²) in [5, 5.41) is 11.1. The van der Waals surface area contributed by atoms with Gasteiger partial charge in [0.25, 0.3) is 5.91 Å². The zero-order valence-corrected chi connectivity index (χ0v) is 23.9. The molecular weight excluding hydrogens is 524 g/mol. The molecule has 2 aromatic rings. The fraction of sp³-hybridized carbons (Fsp3) is 0.484. The summed E-state index contributed by atoms with van der Waals surface area (Å²) >= 11 is 0. The average Bonchev–Trinajstić information content (AvgIpc) is 2.95. The molecule has 0 unspecified atom stereocenters. The molecule has 2 aromatic carbocycles. The number of carbonyl (C=O) groups excluding carboxylic acids is 4. The Hall–Kier alpha value is -4.08. The maximum absolute atomic E-state index is 13.3. The molecule has 222 valence electrons. The molecule has 0 spiro atoms. The topological polar surface area (TPSA) is 135 Å². The first-order chi connectivity index (χ1) is 19.8. The lowest BCUT2D eigenvalue weighted by Crippen LogP contribution is -2.52. The predicted molar refractivity (Wildman–Crippen MR) is 156 cm³/mol. The van der Waals surface area contributed by atoms with Crippen LogP contribution in [0.4, 0.5) is 0 Å². The van der Waals surface area contributed by atoms with E-state index in [0.29, 0.717) is 31.1 Å². The third kappa shape index (κ3) is 11.1. The molecule has 1 aliphatic rings. The van der Waals surface area contributed by atoms with Crippen LogP contribution in [0.1, 0.15) is 62.7 Å². The highest BCUT2D eigenvalue weighted by atomic mass is 16.5. The number of hydrogen-bond acceptors (Lipinski definition) is 6. The van der Waals surface area contributed by atoms with Crippen LogP contribution in [-0.2, 0) is 14.4 Å². The lowest BCUT2D eigenvalue weighted by molar-refractivity contribution is -0.131. The Morgan fingerprint density at radius 2 is 1.71 bits per heavy atom. The summed E-state index contributed by atoms with van der Waals surface area (Å²) in [6.45, 7) is 5.26. The van der Waals surface area contributed by atoms with E-state index in [0.717, 1.165) is 25.7 Å².